The molecule has 1 saturated heterocycles. The molecule has 1 heterocycles. The van der Waals surface area contributed by atoms with Crippen LogP contribution in [0.5, 0.6) is 0 Å². The highest BCUT2D eigenvalue weighted by atomic mass is 127. The van der Waals surface area contributed by atoms with Gasteiger partial charge in [-0.05, 0) is 37.8 Å². The quantitative estimate of drug-likeness (QED) is 0.356. The van der Waals surface area contributed by atoms with Crippen LogP contribution >= 0.6 is 24.0 Å². The molecular weight excluding hydrogens is 417 g/mol. The van der Waals surface area contributed by atoms with Crippen molar-refractivity contribution >= 4 is 29.9 Å². The maximum Gasteiger partial charge on any atom is 0.191 e. The zero-order valence-corrected chi connectivity index (χ0v) is 17.2. The molecule has 0 aromatic heterocycles. The first-order valence-electron chi connectivity index (χ1n) is 8.28. The molecule has 6 heteroatoms. The minimum absolute atomic E-state index is 0. The highest BCUT2D eigenvalue weighted by Gasteiger charge is 2.34. The normalized spacial score (nSPS) is 20.6. The molecule has 1 aromatic rings. The van der Waals surface area contributed by atoms with Gasteiger partial charge in [-0.15, -0.1) is 24.0 Å². The molecule has 1 aromatic carbocycles. The summed E-state index contributed by atoms with van der Waals surface area (Å²) in [5.74, 6) is 0.786. The Labute approximate surface area is 162 Å². The monoisotopic (exact) mass is 447 g/mol. The molecule has 0 radical (unpaired) electrons. The van der Waals surface area contributed by atoms with Crippen LogP contribution in [0.25, 0.3) is 0 Å². The Morgan fingerprint density at radius 3 is 2.71 bits per heavy atom. The number of aliphatic hydroxyl groups is 1. The van der Waals surface area contributed by atoms with E-state index in [0.717, 1.165) is 38.5 Å². The van der Waals surface area contributed by atoms with Gasteiger partial charge in [-0.2, -0.15) is 0 Å². The molecular formula is C18H30IN3O2. The van der Waals surface area contributed by atoms with Gasteiger partial charge in [0.05, 0.1) is 6.61 Å². The first kappa shape index (κ1) is 21.2. The topological polar surface area (TPSA) is 65.9 Å². The van der Waals surface area contributed by atoms with E-state index in [2.05, 4.69) is 47.7 Å². The fourth-order valence-corrected chi connectivity index (χ4v) is 3.03. The summed E-state index contributed by atoms with van der Waals surface area (Å²) in [5.41, 5.74) is 3.86. The van der Waals surface area contributed by atoms with E-state index >= 15 is 0 Å². The first-order chi connectivity index (χ1) is 11.1. The average Bonchev–Trinajstić information content (AvgIpc) is 2.98. The molecule has 0 spiro atoms. The molecule has 0 bridgehead atoms. The van der Waals surface area contributed by atoms with Gasteiger partial charge >= 0.3 is 0 Å². The summed E-state index contributed by atoms with van der Waals surface area (Å²) in [7, 11) is 1.78. The summed E-state index contributed by atoms with van der Waals surface area (Å²) < 4.78 is 5.52. The molecule has 3 N–H and O–H groups in total. The average molecular weight is 447 g/mol. The van der Waals surface area contributed by atoms with Gasteiger partial charge in [0.15, 0.2) is 5.96 Å². The molecule has 1 fully saturated rings. The van der Waals surface area contributed by atoms with E-state index in [4.69, 9.17) is 4.74 Å². The van der Waals surface area contributed by atoms with Gasteiger partial charge in [0.2, 0.25) is 0 Å². The lowest BCUT2D eigenvalue weighted by Gasteiger charge is -2.27. The van der Waals surface area contributed by atoms with Crippen molar-refractivity contribution in [1.29, 1.82) is 0 Å². The predicted molar refractivity (Wildman–Crippen MR) is 109 cm³/mol. The first-order valence-corrected chi connectivity index (χ1v) is 8.28. The van der Waals surface area contributed by atoms with Gasteiger partial charge in [0, 0.05) is 38.8 Å². The predicted octanol–water partition coefficient (Wildman–Crippen LogP) is 2.38. The van der Waals surface area contributed by atoms with Crippen molar-refractivity contribution in [3.05, 3.63) is 34.9 Å². The van der Waals surface area contributed by atoms with Gasteiger partial charge < -0.3 is 20.5 Å². The zero-order chi connectivity index (χ0) is 16.7. The number of halogens is 1. The fourth-order valence-electron chi connectivity index (χ4n) is 3.03. The smallest absolute Gasteiger partial charge is 0.191 e. The van der Waals surface area contributed by atoms with E-state index < -0.39 is 0 Å². The largest absolute Gasteiger partial charge is 0.396 e. The van der Waals surface area contributed by atoms with Gasteiger partial charge in [-0.3, -0.25) is 4.99 Å². The number of guanidine groups is 1. The van der Waals surface area contributed by atoms with Crippen molar-refractivity contribution in [3.8, 4) is 0 Å². The van der Waals surface area contributed by atoms with E-state index in [1.165, 1.54) is 16.7 Å². The Kier molecular flexibility index (Phi) is 9.01. The Morgan fingerprint density at radius 1 is 1.33 bits per heavy atom. The summed E-state index contributed by atoms with van der Waals surface area (Å²) in [4.78, 5) is 4.29. The van der Waals surface area contributed by atoms with Crippen LogP contribution in [0, 0.1) is 19.3 Å². The van der Waals surface area contributed by atoms with Crippen LogP contribution in [0.15, 0.2) is 23.2 Å². The van der Waals surface area contributed by atoms with Crippen LogP contribution in [-0.4, -0.2) is 44.5 Å². The summed E-state index contributed by atoms with van der Waals surface area (Å²) in [6, 6.07) is 6.48. The molecule has 24 heavy (non-hydrogen) atoms. The number of aryl methyl sites for hydroxylation is 2. The van der Waals surface area contributed by atoms with Crippen LogP contribution in [0.4, 0.5) is 0 Å². The van der Waals surface area contributed by atoms with E-state index in [1.54, 1.807) is 7.05 Å². The highest BCUT2D eigenvalue weighted by Crippen LogP contribution is 2.31. The maximum atomic E-state index is 9.29. The summed E-state index contributed by atoms with van der Waals surface area (Å²) in [5, 5.41) is 16.0. The molecule has 0 aliphatic carbocycles. The number of hydrogen-bond acceptors (Lipinski definition) is 3. The van der Waals surface area contributed by atoms with Crippen molar-refractivity contribution in [3.63, 3.8) is 0 Å². The third-order valence-corrected chi connectivity index (χ3v) is 4.63. The van der Waals surface area contributed by atoms with Crippen molar-refractivity contribution in [2.75, 3.05) is 33.4 Å². The van der Waals surface area contributed by atoms with Crippen LogP contribution in [0.3, 0.4) is 0 Å². The van der Waals surface area contributed by atoms with Gasteiger partial charge in [-0.1, -0.05) is 23.8 Å². The van der Waals surface area contributed by atoms with Crippen molar-refractivity contribution in [1.82, 2.24) is 10.6 Å². The van der Waals surface area contributed by atoms with Crippen molar-refractivity contribution in [2.45, 2.75) is 33.2 Å². The number of nitrogens with one attached hydrogen (secondary N) is 2. The number of rotatable bonds is 6. The molecule has 2 rings (SSSR count). The third-order valence-electron chi connectivity index (χ3n) is 4.63. The molecule has 0 amide bonds. The van der Waals surface area contributed by atoms with E-state index in [9.17, 15) is 5.11 Å². The zero-order valence-electron chi connectivity index (χ0n) is 14.9. The minimum Gasteiger partial charge on any atom is -0.396 e. The number of benzene rings is 1. The molecule has 1 unspecified atom stereocenters. The molecule has 0 saturated carbocycles. The SMILES string of the molecule is CN=C(NCc1ccc(C)cc1C)NCC1(CCO)CCOC1.I. The standard InChI is InChI=1S/C18H29N3O2.HI/c1-14-4-5-16(15(2)10-14)11-20-17(19-3)21-12-18(6-8-22)7-9-23-13-18;/h4-5,10,22H,6-9,11-13H2,1-3H3,(H2,19,20,21);1H. The number of nitrogens with zero attached hydrogens (tertiary/aromatic N) is 1. The molecule has 1 aliphatic rings. The van der Waals surface area contributed by atoms with Crippen LogP contribution < -0.4 is 10.6 Å². The molecule has 136 valence electrons. The van der Waals surface area contributed by atoms with E-state index in [1.807, 2.05) is 0 Å². The molecule has 5 nitrogen and oxygen atoms in total. The molecule has 1 atom stereocenters. The summed E-state index contributed by atoms with van der Waals surface area (Å²) in [6.07, 6.45) is 1.74. The lowest BCUT2D eigenvalue weighted by atomic mass is 9.84. The van der Waals surface area contributed by atoms with Crippen LogP contribution in [0.2, 0.25) is 0 Å². The van der Waals surface area contributed by atoms with Crippen LogP contribution in [0.1, 0.15) is 29.5 Å². The van der Waals surface area contributed by atoms with Crippen molar-refractivity contribution in [2.24, 2.45) is 10.4 Å². The Balaban J connectivity index is 0.00000288. The second-order valence-corrected chi connectivity index (χ2v) is 6.49. The van der Waals surface area contributed by atoms with E-state index in [0.29, 0.717) is 6.61 Å². The third kappa shape index (κ3) is 5.89. The summed E-state index contributed by atoms with van der Waals surface area (Å²) in [6.45, 7) is 7.42. The highest BCUT2D eigenvalue weighted by molar-refractivity contribution is 14.0. The Bertz CT molecular complexity index is 543. The Hall–Kier alpha value is -0.860. The van der Waals surface area contributed by atoms with Crippen LogP contribution in [-0.2, 0) is 11.3 Å². The molecule has 1 aliphatic heterocycles. The van der Waals surface area contributed by atoms with E-state index in [-0.39, 0.29) is 36.0 Å². The second-order valence-electron chi connectivity index (χ2n) is 6.49. The van der Waals surface area contributed by atoms with Gasteiger partial charge in [0.25, 0.3) is 0 Å². The Morgan fingerprint density at radius 2 is 2.12 bits per heavy atom. The van der Waals surface area contributed by atoms with Gasteiger partial charge in [0.1, 0.15) is 0 Å². The number of aliphatic imine (C=N–C) groups is 1. The lowest BCUT2D eigenvalue weighted by Crippen LogP contribution is -2.44. The lowest BCUT2D eigenvalue weighted by molar-refractivity contribution is 0.127. The minimum atomic E-state index is 0. The number of ether oxygens (including phenoxy) is 1. The summed E-state index contributed by atoms with van der Waals surface area (Å²) >= 11 is 0. The number of aliphatic hydroxyl groups excluding tert-OH is 1. The second kappa shape index (κ2) is 10.2. The van der Waals surface area contributed by atoms with Crippen molar-refractivity contribution < 1.29 is 9.84 Å². The van der Waals surface area contributed by atoms with Gasteiger partial charge in [-0.25, -0.2) is 0 Å². The fraction of sp³-hybridized carbons (Fsp3) is 0.611. The maximum absolute atomic E-state index is 9.29. The number of hydrogen-bond donors (Lipinski definition) is 3.